The van der Waals surface area contributed by atoms with Crippen molar-refractivity contribution >= 4 is 22.4 Å². The molecule has 3 rings (SSSR count). The number of hydrogen-bond acceptors (Lipinski definition) is 4. The number of methoxy groups -OCH3 is 3. The maximum Gasteiger partial charge on any atom is 0.203 e. The van der Waals surface area contributed by atoms with Crippen molar-refractivity contribution in [2.75, 3.05) is 21.3 Å². The second-order valence-corrected chi connectivity index (χ2v) is 5.66. The summed E-state index contributed by atoms with van der Waals surface area (Å²) in [5.41, 5.74) is 2.25. The first-order chi connectivity index (χ1) is 12.7. The molecule has 0 aliphatic heterocycles. The molecule has 0 unspecified atom stereocenters. The monoisotopic (exact) mass is 345 g/mol. The fraction of sp³-hybridized carbons (Fsp3) is 0.136. The largest absolute Gasteiger partial charge is 0.493 e. The molecule has 3 aromatic rings. The summed E-state index contributed by atoms with van der Waals surface area (Å²) in [4.78, 5) is 0. The van der Waals surface area contributed by atoms with Crippen molar-refractivity contribution in [3.05, 3.63) is 65.7 Å². The van der Waals surface area contributed by atoms with Crippen molar-refractivity contribution in [2.24, 2.45) is 0 Å². The van der Waals surface area contributed by atoms with Crippen molar-refractivity contribution in [1.29, 1.82) is 5.26 Å². The van der Waals surface area contributed by atoms with E-state index in [4.69, 9.17) is 14.2 Å². The lowest BCUT2D eigenvalue weighted by Gasteiger charge is -2.13. The Labute approximate surface area is 152 Å². The normalized spacial score (nSPS) is 11.1. The molecule has 0 radical (unpaired) electrons. The first-order valence-electron chi connectivity index (χ1n) is 8.11. The van der Waals surface area contributed by atoms with Gasteiger partial charge >= 0.3 is 0 Å². The van der Waals surface area contributed by atoms with Gasteiger partial charge < -0.3 is 14.2 Å². The van der Waals surface area contributed by atoms with E-state index in [0.29, 0.717) is 22.8 Å². The average Bonchev–Trinajstić information content (AvgIpc) is 2.70. The van der Waals surface area contributed by atoms with Crippen LogP contribution >= 0.6 is 0 Å². The van der Waals surface area contributed by atoms with Gasteiger partial charge in [0.1, 0.15) is 0 Å². The molecular formula is C22H19NO3. The topological polar surface area (TPSA) is 51.5 Å². The van der Waals surface area contributed by atoms with E-state index in [9.17, 15) is 5.26 Å². The van der Waals surface area contributed by atoms with Gasteiger partial charge in [0.05, 0.1) is 33.0 Å². The molecule has 0 amide bonds. The van der Waals surface area contributed by atoms with Gasteiger partial charge in [0.25, 0.3) is 0 Å². The molecule has 4 nitrogen and oxygen atoms in total. The maximum absolute atomic E-state index is 9.75. The van der Waals surface area contributed by atoms with Crippen molar-refractivity contribution in [2.45, 2.75) is 0 Å². The Hall–Kier alpha value is -3.45. The maximum atomic E-state index is 9.75. The molecule has 0 heterocycles. The smallest absolute Gasteiger partial charge is 0.203 e. The molecular weight excluding hydrogens is 326 g/mol. The molecule has 130 valence electrons. The quantitative estimate of drug-likeness (QED) is 0.486. The minimum atomic E-state index is 0.524. The van der Waals surface area contributed by atoms with E-state index in [1.54, 1.807) is 21.3 Å². The van der Waals surface area contributed by atoms with Gasteiger partial charge in [-0.25, -0.2) is 0 Å². The Balaban J connectivity index is 2.17. The number of allylic oxidation sites excluding steroid dienone is 1. The second kappa shape index (κ2) is 7.62. The van der Waals surface area contributed by atoms with E-state index < -0.39 is 0 Å². The Kier molecular flexibility index (Phi) is 5.09. The third kappa shape index (κ3) is 3.20. The third-order valence-corrected chi connectivity index (χ3v) is 4.20. The minimum Gasteiger partial charge on any atom is -0.493 e. The number of nitriles is 1. The predicted octanol–water partition coefficient (Wildman–Crippen LogP) is 4.93. The van der Waals surface area contributed by atoms with Crippen LogP contribution in [0, 0.1) is 11.3 Å². The highest BCUT2D eigenvalue weighted by Gasteiger charge is 2.13. The lowest BCUT2D eigenvalue weighted by molar-refractivity contribution is 0.324. The summed E-state index contributed by atoms with van der Waals surface area (Å²) in [5, 5.41) is 11.9. The van der Waals surface area contributed by atoms with Crippen LogP contribution < -0.4 is 14.2 Å². The molecule has 0 atom stereocenters. The molecule has 26 heavy (non-hydrogen) atoms. The van der Waals surface area contributed by atoms with Crippen LogP contribution in [0.2, 0.25) is 0 Å². The van der Waals surface area contributed by atoms with Gasteiger partial charge in [-0.2, -0.15) is 5.26 Å². The van der Waals surface area contributed by atoms with E-state index in [2.05, 4.69) is 6.07 Å². The van der Waals surface area contributed by atoms with Gasteiger partial charge in [0.15, 0.2) is 11.5 Å². The van der Waals surface area contributed by atoms with E-state index in [-0.39, 0.29) is 0 Å². The molecule has 0 aromatic heterocycles. The van der Waals surface area contributed by atoms with Gasteiger partial charge in [0, 0.05) is 5.56 Å². The zero-order valence-electron chi connectivity index (χ0n) is 14.9. The third-order valence-electron chi connectivity index (χ3n) is 4.20. The minimum absolute atomic E-state index is 0.524. The number of hydrogen-bond donors (Lipinski definition) is 0. The van der Waals surface area contributed by atoms with Gasteiger partial charge in [-0.3, -0.25) is 0 Å². The van der Waals surface area contributed by atoms with Crippen LogP contribution in [-0.4, -0.2) is 21.3 Å². The summed E-state index contributed by atoms with van der Waals surface area (Å²) < 4.78 is 16.1. The first-order valence-corrected chi connectivity index (χ1v) is 8.11. The summed E-state index contributed by atoms with van der Waals surface area (Å²) in [6.45, 7) is 0. The molecule has 0 fully saturated rings. The summed E-state index contributed by atoms with van der Waals surface area (Å²) >= 11 is 0. The molecule has 4 heteroatoms. The number of rotatable bonds is 5. The second-order valence-electron chi connectivity index (χ2n) is 5.66. The zero-order chi connectivity index (χ0) is 18.5. The summed E-state index contributed by atoms with van der Waals surface area (Å²) in [6, 6.07) is 19.9. The Morgan fingerprint density at radius 2 is 1.54 bits per heavy atom. The lowest BCUT2D eigenvalue weighted by atomic mass is 9.97. The molecule has 0 saturated heterocycles. The van der Waals surface area contributed by atoms with Crippen molar-refractivity contribution in [3.63, 3.8) is 0 Å². The van der Waals surface area contributed by atoms with Gasteiger partial charge in [-0.05, 0) is 34.5 Å². The number of benzene rings is 3. The van der Waals surface area contributed by atoms with Crippen molar-refractivity contribution in [1.82, 2.24) is 0 Å². The Morgan fingerprint density at radius 1 is 0.885 bits per heavy atom. The van der Waals surface area contributed by atoms with Crippen molar-refractivity contribution < 1.29 is 14.2 Å². The molecule has 0 aliphatic carbocycles. The van der Waals surface area contributed by atoms with E-state index in [1.165, 1.54) is 0 Å². The van der Waals surface area contributed by atoms with Crippen LogP contribution in [0.5, 0.6) is 17.2 Å². The SMILES string of the molecule is COc1cc(C=C(C#N)c2cccc3ccccc23)cc(OC)c1OC. The summed E-state index contributed by atoms with van der Waals surface area (Å²) in [5.74, 6) is 1.62. The first kappa shape index (κ1) is 17.4. The van der Waals surface area contributed by atoms with E-state index >= 15 is 0 Å². The van der Waals surface area contributed by atoms with Gasteiger partial charge in [0.2, 0.25) is 5.75 Å². The summed E-state index contributed by atoms with van der Waals surface area (Å²) in [6.07, 6.45) is 1.83. The standard InChI is InChI=1S/C22H19NO3/c1-24-20-12-15(13-21(25-2)22(20)26-3)11-17(14-23)19-10-6-8-16-7-4-5-9-18(16)19/h4-13H,1-3H3. The van der Waals surface area contributed by atoms with Crippen LogP contribution in [0.25, 0.3) is 22.4 Å². The Morgan fingerprint density at radius 3 is 2.15 bits per heavy atom. The average molecular weight is 345 g/mol. The predicted molar refractivity (Wildman–Crippen MR) is 104 cm³/mol. The number of fused-ring (bicyclic) bond motifs is 1. The molecule has 0 bridgehead atoms. The molecule has 3 aromatic carbocycles. The molecule has 0 N–H and O–H groups in total. The number of ether oxygens (including phenoxy) is 3. The molecule has 0 saturated carbocycles. The van der Waals surface area contributed by atoms with Gasteiger partial charge in [-0.15, -0.1) is 0 Å². The van der Waals surface area contributed by atoms with Crippen LogP contribution in [0.3, 0.4) is 0 Å². The fourth-order valence-electron chi connectivity index (χ4n) is 2.98. The van der Waals surface area contributed by atoms with Crippen LogP contribution in [0.15, 0.2) is 54.6 Å². The van der Waals surface area contributed by atoms with E-state index in [1.807, 2.05) is 60.7 Å². The van der Waals surface area contributed by atoms with E-state index in [0.717, 1.165) is 21.9 Å². The highest BCUT2D eigenvalue weighted by Crippen LogP contribution is 2.39. The zero-order valence-corrected chi connectivity index (χ0v) is 14.9. The number of nitrogens with zero attached hydrogens (tertiary/aromatic N) is 1. The lowest BCUT2D eigenvalue weighted by Crippen LogP contribution is -1.95. The van der Waals surface area contributed by atoms with Gasteiger partial charge in [-0.1, -0.05) is 42.5 Å². The van der Waals surface area contributed by atoms with Crippen LogP contribution in [0.4, 0.5) is 0 Å². The Bertz CT molecular complexity index is 985. The highest BCUT2D eigenvalue weighted by atomic mass is 16.5. The van der Waals surface area contributed by atoms with Crippen molar-refractivity contribution in [3.8, 4) is 23.3 Å². The molecule has 0 aliphatic rings. The van der Waals surface area contributed by atoms with Crippen LogP contribution in [0.1, 0.15) is 11.1 Å². The highest BCUT2D eigenvalue weighted by molar-refractivity contribution is 6.01. The van der Waals surface area contributed by atoms with Crippen LogP contribution in [-0.2, 0) is 0 Å². The summed E-state index contributed by atoms with van der Waals surface area (Å²) in [7, 11) is 4.70. The fourth-order valence-corrected chi connectivity index (χ4v) is 2.98. The molecule has 0 spiro atoms.